The van der Waals surface area contributed by atoms with Gasteiger partial charge >= 0.3 is 0 Å². The fraction of sp³-hybridized carbons (Fsp3) is 0.440. The fourth-order valence-electron chi connectivity index (χ4n) is 3.86. The quantitative estimate of drug-likeness (QED) is 0.604. The van der Waals surface area contributed by atoms with E-state index in [2.05, 4.69) is 24.4 Å². The number of carbonyl (C=O) groups is 2. The summed E-state index contributed by atoms with van der Waals surface area (Å²) < 4.78 is 13.3. The van der Waals surface area contributed by atoms with Crippen LogP contribution in [0, 0.1) is 12.7 Å². The molecule has 0 radical (unpaired) electrons. The van der Waals surface area contributed by atoms with Crippen molar-refractivity contribution in [1.82, 2.24) is 10.2 Å². The van der Waals surface area contributed by atoms with Gasteiger partial charge in [0.2, 0.25) is 11.8 Å². The zero-order valence-corrected chi connectivity index (χ0v) is 19.1. The van der Waals surface area contributed by atoms with Crippen molar-refractivity contribution in [2.24, 2.45) is 0 Å². The molecular weight excluding hydrogens is 411 g/mol. The first-order valence-corrected chi connectivity index (χ1v) is 12.1. The molecule has 4 nitrogen and oxygen atoms in total. The molecule has 1 aliphatic carbocycles. The maximum Gasteiger partial charge on any atom is 0.242 e. The molecule has 2 amide bonds. The summed E-state index contributed by atoms with van der Waals surface area (Å²) in [6.45, 7) is 4.12. The third-order valence-corrected chi connectivity index (χ3v) is 6.85. The Balaban J connectivity index is 1.65. The maximum atomic E-state index is 13.3. The van der Waals surface area contributed by atoms with Crippen molar-refractivity contribution in [3.8, 4) is 0 Å². The molecule has 3 rings (SSSR count). The molecule has 0 bridgehead atoms. The second kappa shape index (κ2) is 11.3. The topological polar surface area (TPSA) is 49.4 Å². The first-order chi connectivity index (χ1) is 14.9. The van der Waals surface area contributed by atoms with Crippen LogP contribution >= 0.6 is 11.8 Å². The molecule has 0 heterocycles. The third kappa shape index (κ3) is 6.82. The SMILES string of the molecule is Cc1ccccc1CSCC(=O)N(Cc1ccc(F)cc1)C(C)C(=O)NC1CCCC1. The van der Waals surface area contributed by atoms with Crippen LogP contribution in [-0.4, -0.2) is 34.6 Å². The molecule has 0 aliphatic heterocycles. The summed E-state index contributed by atoms with van der Waals surface area (Å²) in [6.07, 6.45) is 4.26. The monoisotopic (exact) mass is 442 g/mol. The smallest absolute Gasteiger partial charge is 0.242 e. The number of hydrogen-bond donors (Lipinski definition) is 1. The van der Waals surface area contributed by atoms with Crippen molar-refractivity contribution >= 4 is 23.6 Å². The number of rotatable bonds is 9. The van der Waals surface area contributed by atoms with Crippen LogP contribution in [0.5, 0.6) is 0 Å². The number of thioether (sulfide) groups is 1. The molecule has 0 aromatic heterocycles. The summed E-state index contributed by atoms with van der Waals surface area (Å²) in [4.78, 5) is 27.6. The predicted octanol–water partition coefficient (Wildman–Crippen LogP) is 4.84. The Morgan fingerprint density at radius 1 is 1.13 bits per heavy atom. The van der Waals surface area contributed by atoms with Crippen LogP contribution in [0.2, 0.25) is 0 Å². The van der Waals surface area contributed by atoms with Gasteiger partial charge in [-0.15, -0.1) is 11.8 Å². The number of benzene rings is 2. The van der Waals surface area contributed by atoms with E-state index in [0.29, 0.717) is 0 Å². The van der Waals surface area contributed by atoms with Gasteiger partial charge in [0.15, 0.2) is 0 Å². The predicted molar refractivity (Wildman–Crippen MR) is 124 cm³/mol. The molecule has 1 aliphatic rings. The maximum absolute atomic E-state index is 13.3. The summed E-state index contributed by atoms with van der Waals surface area (Å²) >= 11 is 1.55. The zero-order chi connectivity index (χ0) is 22.2. The summed E-state index contributed by atoms with van der Waals surface area (Å²) in [6, 6.07) is 13.8. The van der Waals surface area contributed by atoms with E-state index in [1.54, 1.807) is 35.7 Å². The number of carbonyl (C=O) groups excluding carboxylic acids is 2. The Hall–Kier alpha value is -2.34. The second-order valence-electron chi connectivity index (χ2n) is 8.23. The number of hydrogen-bond acceptors (Lipinski definition) is 3. The van der Waals surface area contributed by atoms with Crippen molar-refractivity contribution in [3.05, 3.63) is 71.0 Å². The van der Waals surface area contributed by atoms with Crippen LogP contribution < -0.4 is 5.32 Å². The lowest BCUT2D eigenvalue weighted by atomic mass is 10.1. The number of halogens is 1. The highest BCUT2D eigenvalue weighted by molar-refractivity contribution is 7.99. The Morgan fingerprint density at radius 3 is 2.48 bits per heavy atom. The van der Waals surface area contributed by atoms with E-state index in [4.69, 9.17) is 0 Å². The second-order valence-corrected chi connectivity index (χ2v) is 9.22. The van der Waals surface area contributed by atoms with Crippen molar-refractivity contribution in [2.45, 2.75) is 63.9 Å². The van der Waals surface area contributed by atoms with E-state index >= 15 is 0 Å². The highest BCUT2D eigenvalue weighted by Gasteiger charge is 2.28. The van der Waals surface area contributed by atoms with Gasteiger partial charge in [-0.05, 0) is 55.5 Å². The van der Waals surface area contributed by atoms with Gasteiger partial charge < -0.3 is 10.2 Å². The molecular formula is C25H31FN2O2S. The molecule has 1 atom stereocenters. The highest BCUT2D eigenvalue weighted by atomic mass is 32.2. The average Bonchev–Trinajstić information content (AvgIpc) is 3.27. The van der Waals surface area contributed by atoms with Crippen LogP contribution in [0.4, 0.5) is 4.39 Å². The van der Waals surface area contributed by atoms with E-state index in [0.717, 1.165) is 37.0 Å². The van der Waals surface area contributed by atoms with Gasteiger partial charge in [-0.2, -0.15) is 0 Å². The molecule has 1 unspecified atom stereocenters. The van der Waals surface area contributed by atoms with Crippen LogP contribution in [0.1, 0.15) is 49.3 Å². The molecule has 6 heteroatoms. The Bertz CT molecular complexity index is 881. The minimum absolute atomic E-state index is 0.0861. The number of amides is 2. The van der Waals surface area contributed by atoms with E-state index in [1.165, 1.54) is 23.3 Å². The summed E-state index contributed by atoms with van der Waals surface area (Å²) in [5.41, 5.74) is 3.21. The Morgan fingerprint density at radius 2 is 1.81 bits per heavy atom. The fourth-order valence-corrected chi connectivity index (χ4v) is 4.85. The van der Waals surface area contributed by atoms with Gasteiger partial charge in [0.25, 0.3) is 0 Å². The molecule has 31 heavy (non-hydrogen) atoms. The van der Waals surface area contributed by atoms with E-state index in [1.807, 2.05) is 12.1 Å². The number of nitrogens with one attached hydrogen (secondary N) is 1. The first-order valence-electron chi connectivity index (χ1n) is 10.9. The van der Waals surface area contributed by atoms with Gasteiger partial charge in [0.05, 0.1) is 5.75 Å². The lowest BCUT2D eigenvalue weighted by Gasteiger charge is -2.29. The van der Waals surface area contributed by atoms with E-state index < -0.39 is 6.04 Å². The van der Waals surface area contributed by atoms with Gasteiger partial charge in [0, 0.05) is 18.3 Å². The zero-order valence-electron chi connectivity index (χ0n) is 18.3. The van der Waals surface area contributed by atoms with E-state index in [-0.39, 0.29) is 36.0 Å². The van der Waals surface area contributed by atoms with Gasteiger partial charge in [-0.3, -0.25) is 9.59 Å². The number of nitrogens with zero attached hydrogens (tertiary/aromatic N) is 1. The van der Waals surface area contributed by atoms with Crippen LogP contribution in [0.15, 0.2) is 48.5 Å². The van der Waals surface area contributed by atoms with Gasteiger partial charge in [-0.25, -0.2) is 4.39 Å². The largest absolute Gasteiger partial charge is 0.352 e. The standard InChI is InChI=1S/C25H31FN2O2S/c1-18-7-3-4-8-21(18)16-31-17-24(29)28(15-20-11-13-22(26)14-12-20)19(2)25(30)27-23-9-5-6-10-23/h3-4,7-8,11-14,19,23H,5-6,9-10,15-17H2,1-2H3,(H,27,30). The highest BCUT2D eigenvalue weighted by Crippen LogP contribution is 2.20. The van der Waals surface area contributed by atoms with Crippen LogP contribution in [0.3, 0.4) is 0 Å². The first kappa shape index (κ1) is 23.3. The Labute approximate surface area is 188 Å². The molecule has 1 fully saturated rings. The summed E-state index contributed by atoms with van der Waals surface area (Å²) in [5, 5.41) is 3.10. The van der Waals surface area contributed by atoms with Crippen molar-refractivity contribution < 1.29 is 14.0 Å². The van der Waals surface area contributed by atoms with Crippen molar-refractivity contribution in [2.75, 3.05) is 5.75 Å². The van der Waals surface area contributed by atoms with Crippen LogP contribution in [-0.2, 0) is 21.9 Å². The van der Waals surface area contributed by atoms with Crippen LogP contribution in [0.25, 0.3) is 0 Å². The van der Waals surface area contributed by atoms with Crippen molar-refractivity contribution in [1.29, 1.82) is 0 Å². The van der Waals surface area contributed by atoms with E-state index in [9.17, 15) is 14.0 Å². The minimum atomic E-state index is -0.586. The van der Waals surface area contributed by atoms with Crippen molar-refractivity contribution in [3.63, 3.8) is 0 Å². The third-order valence-electron chi connectivity index (χ3n) is 5.88. The molecule has 1 N–H and O–H groups in total. The average molecular weight is 443 g/mol. The Kier molecular flexibility index (Phi) is 8.52. The summed E-state index contributed by atoms with van der Waals surface area (Å²) in [7, 11) is 0. The summed E-state index contributed by atoms with van der Waals surface area (Å²) in [5.74, 6) is 0.507. The normalized spacial score (nSPS) is 14.9. The lowest BCUT2D eigenvalue weighted by Crippen LogP contribution is -2.50. The molecule has 2 aromatic carbocycles. The molecule has 0 spiro atoms. The van der Waals surface area contributed by atoms with Gasteiger partial charge in [0.1, 0.15) is 11.9 Å². The number of aryl methyl sites for hydroxylation is 1. The molecule has 0 saturated heterocycles. The molecule has 166 valence electrons. The molecule has 1 saturated carbocycles. The lowest BCUT2D eigenvalue weighted by molar-refractivity contribution is -0.138. The minimum Gasteiger partial charge on any atom is -0.352 e. The molecule has 2 aromatic rings. The van der Waals surface area contributed by atoms with Gasteiger partial charge in [-0.1, -0.05) is 49.2 Å².